The average Bonchev–Trinajstić information content (AvgIpc) is 3.16. The van der Waals surface area contributed by atoms with Crippen molar-refractivity contribution in [3.05, 3.63) is 50.7 Å². The van der Waals surface area contributed by atoms with Gasteiger partial charge in [0, 0.05) is 4.88 Å². The molecule has 2 N–H and O–H groups in total. The van der Waals surface area contributed by atoms with Gasteiger partial charge in [0.05, 0.1) is 10.7 Å². The number of nitrogens with zero attached hydrogens (tertiary/aromatic N) is 1. The lowest BCUT2D eigenvalue weighted by Crippen LogP contribution is -2.41. The van der Waals surface area contributed by atoms with E-state index in [1.165, 1.54) is 11.3 Å². The number of rotatable bonds is 4. The number of carbonyl (C=O) groups excluding carboxylic acids is 3. The minimum absolute atomic E-state index is 0.380. The summed E-state index contributed by atoms with van der Waals surface area (Å²) in [4.78, 5) is 39.0. The molecule has 6 nitrogen and oxygen atoms in total. The molecule has 1 fully saturated rings. The predicted molar refractivity (Wildman–Crippen MR) is 101 cm³/mol. The zero-order valence-corrected chi connectivity index (χ0v) is 16.1. The Balaban J connectivity index is 1.76. The largest absolute Gasteiger partial charge is 0.325 e. The number of nitrogens with one attached hydrogen (secondary N) is 2. The Hall–Kier alpha value is -2.38. The fourth-order valence-electron chi connectivity index (χ4n) is 2.97. The summed E-state index contributed by atoms with van der Waals surface area (Å²) < 4.78 is 0. The molecule has 3 rings (SSSR count). The van der Waals surface area contributed by atoms with Gasteiger partial charge in [-0.15, -0.1) is 11.3 Å². The van der Waals surface area contributed by atoms with Crippen molar-refractivity contribution in [1.82, 2.24) is 10.2 Å². The van der Waals surface area contributed by atoms with Gasteiger partial charge in [0.2, 0.25) is 5.91 Å². The lowest BCUT2D eigenvalue weighted by atomic mass is 10.0. The molecular weight excluding hydrogens is 374 g/mol. The Morgan fingerprint density at radius 3 is 2.69 bits per heavy atom. The highest BCUT2D eigenvalue weighted by Crippen LogP contribution is 2.32. The lowest BCUT2D eigenvalue weighted by Gasteiger charge is -2.20. The number of amides is 4. The number of imide groups is 1. The second-order valence-electron chi connectivity index (χ2n) is 6.41. The van der Waals surface area contributed by atoms with Crippen LogP contribution in [0, 0.1) is 13.8 Å². The SMILES string of the molecule is Cc1cc(C)c(NC(=O)CN2C(=O)NC(C)(c3cccs3)C2=O)c(Cl)c1. The summed E-state index contributed by atoms with van der Waals surface area (Å²) in [6.07, 6.45) is 0. The zero-order chi connectivity index (χ0) is 19.1. The molecule has 0 bridgehead atoms. The maximum absolute atomic E-state index is 12.7. The Bertz CT molecular complexity index is 874. The van der Waals surface area contributed by atoms with Gasteiger partial charge in [-0.05, 0) is 49.4 Å². The van der Waals surface area contributed by atoms with Crippen LogP contribution in [0.2, 0.25) is 5.02 Å². The molecule has 136 valence electrons. The van der Waals surface area contributed by atoms with Crippen LogP contribution >= 0.6 is 22.9 Å². The predicted octanol–water partition coefficient (Wildman–Crippen LogP) is 3.42. The van der Waals surface area contributed by atoms with Crippen LogP contribution in [-0.4, -0.2) is 29.3 Å². The molecule has 1 aromatic heterocycles. The van der Waals surface area contributed by atoms with Crippen molar-refractivity contribution in [2.45, 2.75) is 26.3 Å². The summed E-state index contributed by atoms with van der Waals surface area (Å²) in [5.74, 6) is -0.940. The number of aryl methyl sites for hydroxylation is 2. The summed E-state index contributed by atoms with van der Waals surface area (Å²) in [5.41, 5.74) is 1.12. The summed E-state index contributed by atoms with van der Waals surface area (Å²) in [5, 5.41) is 7.61. The van der Waals surface area contributed by atoms with E-state index in [0.717, 1.165) is 20.9 Å². The highest BCUT2D eigenvalue weighted by atomic mass is 35.5. The molecule has 1 unspecified atom stereocenters. The normalized spacial score (nSPS) is 19.6. The molecule has 8 heteroatoms. The highest BCUT2D eigenvalue weighted by molar-refractivity contribution is 7.10. The van der Waals surface area contributed by atoms with E-state index in [1.54, 1.807) is 19.1 Å². The van der Waals surface area contributed by atoms with Gasteiger partial charge in [-0.3, -0.25) is 14.5 Å². The third kappa shape index (κ3) is 3.20. The van der Waals surface area contributed by atoms with Crippen molar-refractivity contribution in [2.75, 3.05) is 11.9 Å². The third-order valence-corrected chi connectivity index (χ3v) is 5.68. The van der Waals surface area contributed by atoms with Crippen molar-refractivity contribution in [3.63, 3.8) is 0 Å². The van der Waals surface area contributed by atoms with Crippen LogP contribution in [0.15, 0.2) is 29.6 Å². The molecule has 1 aliphatic rings. The van der Waals surface area contributed by atoms with Gasteiger partial charge in [0.25, 0.3) is 5.91 Å². The Labute approximate surface area is 160 Å². The summed E-state index contributed by atoms with van der Waals surface area (Å²) >= 11 is 7.57. The van der Waals surface area contributed by atoms with Crippen LogP contribution in [0.25, 0.3) is 0 Å². The summed E-state index contributed by atoms with van der Waals surface area (Å²) in [6, 6.07) is 6.63. The van der Waals surface area contributed by atoms with Crippen molar-refractivity contribution < 1.29 is 14.4 Å². The first kappa shape index (κ1) is 18.4. The van der Waals surface area contributed by atoms with Gasteiger partial charge in [-0.2, -0.15) is 0 Å². The number of anilines is 1. The molecule has 1 saturated heterocycles. The maximum atomic E-state index is 12.7. The smallest absolute Gasteiger partial charge is 0.323 e. The molecule has 4 amide bonds. The first-order valence-electron chi connectivity index (χ1n) is 7.97. The lowest BCUT2D eigenvalue weighted by molar-refractivity contribution is -0.133. The Kier molecular flexibility index (Phi) is 4.77. The summed E-state index contributed by atoms with van der Waals surface area (Å²) in [6.45, 7) is 4.99. The van der Waals surface area contributed by atoms with Crippen LogP contribution in [0.1, 0.15) is 22.9 Å². The number of benzene rings is 1. The number of hydrogen-bond acceptors (Lipinski definition) is 4. The molecule has 1 aliphatic heterocycles. The van der Waals surface area contributed by atoms with Crippen molar-refractivity contribution >= 4 is 46.5 Å². The van der Waals surface area contributed by atoms with E-state index in [-0.39, 0.29) is 6.54 Å². The van der Waals surface area contributed by atoms with Crippen LogP contribution in [-0.2, 0) is 15.1 Å². The second-order valence-corrected chi connectivity index (χ2v) is 7.77. The maximum Gasteiger partial charge on any atom is 0.325 e. The van der Waals surface area contributed by atoms with Crippen LogP contribution in [0.4, 0.5) is 10.5 Å². The van der Waals surface area contributed by atoms with E-state index < -0.39 is 23.4 Å². The first-order valence-corrected chi connectivity index (χ1v) is 9.23. The number of carbonyl (C=O) groups is 3. The molecular formula is C18H18ClN3O3S. The third-order valence-electron chi connectivity index (χ3n) is 4.29. The van der Waals surface area contributed by atoms with Crippen molar-refractivity contribution in [3.8, 4) is 0 Å². The monoisotopic (exact) mass is 391 g/mol. The fraction of sp³-hybridized carbons (Fsp3) is 0.278. The Morgan fingerprint density at radius 1 is 1.35 bits per heavy atom. The molecule has 0 radical (unpaired) electrons. The molecule has 1 aromatic carbocycles. The zero-order valence-electron chi connectivity index (χ0n) is 14.6. The second kappa shape index (κ2) is 6.74. The van der Waals surface area contributed by atoms with E-state index in [4.69, 9.17) is 11.6 Å². The molecule has 26 heavy (non-hydrogen) atoms. The van der Waals surface area contributed by atoms with Gasteiger partial charge in [0.15, 0.2) is 5.54 Å². The quantitative estimate of drug-likeness (QED) is 0.784. The molecule has 2 aromatic rings. The molecule has 0 aliphatic carbocycles. The van der Waals surface area contributed by atoms with Gasteiger partial charge in [-0.25, -0.2) is 4.79 Å². The standard InChI is InChI=1S/C18H18ClN3O3S/c1-10-7-11(2)15(12(19)8-10)20-14(23)9-22-16(24)18(3,21-17(22)25)13-5-4-6-26-13/h4-8H,9H2,1-3H3,(H,20,23)(H,21,25). The fourth-order valence-corrected chi connectivity index (χ4v) is 4.17. The minimum Gasteiger partial charge on any atom is -0.323 e. The van der Waals surface area contributed by atoms with Crippen LogP contribution in [0.5, 0.6) is 0 Å². The van der Waals surface area contributed by atoms with Gasteiger partial charge in [-0.1, -0.05) is 23.7 Å². The van der Waals surface area contributed by atoms with Crippen LogP contribution in [0.3, 0.4) is 0 Å². The number of halogens is 1. The van der Waals surface area contributed by atoms with E-state index in [0.29, 0.717) is 10.7 Å². The molecule has 2 heterocycles. The van der Waals surface area contributed by atoms with Crippen molar-refractivity contribution in [1.29, 1.82) is 0 Å². The van der Waals surface area contributed by atoms with E-state index in [1.807, 2.05) is 31.4 Å². The molecule has 0 saturated carbocycles. The topological polar surface area (TPSA) is 78.5 Å². The number of thiophene rings is 1. The minimum atomic E-state index is -1.15. The Morgan fingerprint density at radius 2 is 2.08 bits per heavy atom. The van der Waals surface area contributed by atoms with E-state index >= 15 is 0 Å². The average molecular weight is 392 g/mol. The summed E-state index contributed by atoms with van der Waals surface area (Å²) in [7, 11) is 0. The van der Waals surface area contributed by atoms with Crippen LogP contribution < -0.4 is 10.6 Å². The van der Waals surface area contributed by atoms with Gasteiger partial charge in [0.1, 0.15) is 6.54 Å². The number of urea groups is 1. The first-order chi connectivity index (χ1) is 12.2. The highest BCUT2D eigenvalue weighted by Gasteiger charge is 2.50. The molecule has 1 atom stereocenters. The van der Waals surface area contributed by atoms with E-state index in [2.05, 4.69) is 10.6 Å². The number of hydrogen-bond donors (Lipinski definition) is 2. The van der Waals surface area contributed by atoms with Gasteiger partial charge < -0.3 is 10.6 Å². The van der Waals surface area contributed by atoms with E-state index in [9.17, 15) is 14.4 Å². The van der Waals surface area contributed by atoms with Crippen molar-refractivity contribution in [2.24, 2.45) is 0 Å². The van der Waals surface area contributed by atoms with Gasteiger partial charge >= 0.3 is 6.03 Å². The molecule has 0 spiro atoms.